The van der Waals surface area contributed by atoms with E-state index in [1.54, 1.807) is 12.1 Å². The lowest BCUT2D eigenvalue weighted by Crippen LogP contribution is -2.04. The Bertz CT molecular complexity index is 1290. The fourth-order valence-electron chi connectivity index (χ4n) is 3.28. The number of fused-ring (bicyclic) bond motifs is 2. The number of nitrogen functional groups attached to an aromatic ring is 1. The SMILES string of the molecule is Nc1ncnc2c1nc(Sc1ccc3c(c1)OCO3)n2CCc1ccc([N+](=O)[O-])cc1. The molecule has 3 heterocycles. The maximum absolute atomic E-state index is 10.9. The van der Waals surface area contributed by atoms with Gasteiger partial charge in [0.25, 0.3) is 5.69 Å². The van der Waals surface area contributed by atoms with Crippen molar-refractivity contribution in [1.29, 1.82) is 0 Å². The van der Waals surface area contributed by atoms with Crippen molar-refractivity contribution in [3.05, 3.63) is 64.5 Å². The van der Waals surface area contributed by atoms with Crippen molar-refractivity contribution in [3.63, 3.8) is 0 Å². The molecule has 2 N–H and O–H groups in total. The first-order valence-electron chi connectivity index (χ1n) is 9.36. The molecule has 0 atom stereocenters. The molecule has 0 bridgehead atoms. The van der Waals surface area contributed by atoms with Crippen LogP contribution in [0.15, 0.2) is 58.8 Å². The average molecular weight is 436 g/mol. The lowest BCUT2D eigenvalue weighted by atomic mass is 10.1. The molecule has 5 rings (SSSR count). The number of nitro benzene ring substituents is 1. The summed E-state index contributed by atoms with van der Waals surface area (Å²) in [5.41, 5.74) is 8.23. The third kappa shape index (κ3) is 3.70. The van der Waals surface area contributed by atoms with Crippen LogP contribution in [0.4, 0.5) is 11.5 Å². The fraction of sp³-hybridized carbons (Fsp3) is 0.150. The summed E-state index contributed by atoms with van der Waals surface area (Å²) in [5, 5.41) is 11.6. The summed E-state index contributed by atoms with van der Waals surface area (Å²) in [6.07, 6.45) is 2.05. The average Bonchev–Trinajstić information content (AvgIpc) is 3.37. The van der Waals surface area contributed by atoms with Crippen molar-refractivity contribution < 1.29 is 14.4 Å². The number of nitro groups is 1. The third-order valence-corrected chi connectivity index (χ3v) is 5.83. The molecule has 0 unspecified atom stereocenters. The molecule has 1 aliphatic heterocycles. The summed E-state index contributed by atoms with van der Waals surface area (Å²) in [7, 11) is 0. The van der Waals surface area contributed by atoms with Crippen LogP contribution in [0.1, 0.15) is 5.56 Å². The van der Waals surface area contributed by atoms with E-state index in [2.05, 4.69) is 15.0 Å². The van der Waals surface area contributed by atoms with Gasteiger partial charge in [-0.2, -0.15) is 0 Å². The largest absolute Gasteiger partial charge is 0.454 e. The highest BCUT2D eigenvalue weighted by molar-refractivity contribution is 7.99. The summed E-state index contributed by atoms with van der Waals surface area (Å²) in [5.74, 6) is 1.72. The van der Waals surface area contributed by atoms with Crippen LogP contribution in [0.25, 0.3) is 11.2 Å². The molecule has 0 radical (unpaired) electrons. The number of imidazole rings is 1. The molecule has 0 fully saturated rings. The molecule has 0 aliphatic carbocycles. The third-order valence-electron chi connectivity index (χ3n) is 4.85. The maximum atomic E-state index is 10.9. The van der Waals surface area contributed by atoms with Gasteiger partial charge in [-0.1, -0.05) is 23.9 Å². The van der Waals surface area contributed by atoms with E-state index in [0.717, 1.165) is 10.5 Å². The fourth-order valence-corrected chi connectivity index (χ4v) is 4.22. The minimum absolute atomic E-state index is 0.0661. The summed E-state index contributed by atoms with van der Waals surface area (Å²) in [6.45, 7) is 0.779. The molecule has 156 valence electrons. The van der Waals surface area contributed by atoms with E-state index in [9.17, 15) is 10.1 Å². The first-order chi connectivity index (χ1) is 15.1. The second-order valence-electron chi connectivity index (χ2n) is 6.77. The van der Waals surface area contributed by atoms with Gasteiger partial charge >= 0.3 is 0 Å². The van der Waals surface area contributed by atoms with Gasteiger partial charge < -0.3 is 19.8 Å². The van der Waals surface area contributed by atoms with Gasteiger partial charge in [0, 0.05) is 23.6 Å². The normalized spacial score (nSPS) is 12.4. The van der Waals surface area contributed by atoms with Gasteiger partial charge in [-0.05, 0) is 30.2 Å². The minimum atomic E-state index is -0.410. The van der Waals surface area contributed by atoms with E-state index in [0.29, 0.717) is 46.6 Å². The summed E-state index contributed by atoms with van der Waals surface area (Å²) < 4.78 is 12.8. The molecule has 10 nitrogen and oxygen atoms in total. The number of ether oxygens (including phenoxy) is 2. The van der Waals surface area contributed by atoms with E-state index in [1.807, 2.05) is 22.8 Å². The number of anilines is 1. The lowest BCUT2D eigenvalue weighted by molar-refractivity contribution is -0.384. The van der Waals surface area contributed by atoms with Crippen LogP contribution in [-0.4, -0.2) is 31.2 Å². The summed E-state index contributed by atoms with van der Waals surface area (Å²) >= 11 is 1.46. The maximum Gasteiger partial charge on any atom is 0.269 e. The van der Waals surface area contributed by atoms with Gasteiger partial charge in [-0.3, -0.25) is 10.1 Å². The lowest BCUT2D eigenvalue weighted by Gasteiger charge is -2.09. The Morgan fingerprint density at radius 3 is 2.74 bits per heavy atom. The Balaban J connectivity index is 1.46. The predicted molar refractivity (Wildman–Crippen MR) is 113 cm³/mol. The highest BCUT2D eigenvalue weighted by Gasteiger charge is 2.18. The van der Waals surface area contributed by atoms with Gasteiger partial charge in [0.05, 0.1) is 4.92 Å². The number of benzene rings is 2. The van der Waals surface area contributed by atoms with E-state index >= 15 is 0 Å². The zero-order valence-electron chi connectivity index (χ0n) is 16.1. The molecule has 11 heteroatoms. The van der Waals surface area contributed by atoms with Crippen LogP contribution in [0.3, 0.4) is 0 Å². The number of non-ortho nitro benzene ring substituents is 1. The second-order valence-corrected chi connectivity index (χ2v) is 7.81. The highest BCUT2D eigenvalue weighted by Crippen LogP contribution is 2.38. The van der Waals surface area contributed by atoms with Gasteiger partial charge in [-0.15, -0.1) is 0 Å². The Kier molecular flexibility index (Phi) is 4.79. The predicted octanol–water partition coefficient (Wildman–Crippen LogP) is 3.44. The van der Waals surface area contributed by atoms with Crippen molar-refractivity contribution in [2.75, 3.05) is 12.5 Å². The summed E-state index contributed by atoms with van der Waals surface area (Å²) in [4.78, 5) is 24.5. The standard InChI is InChI=1S/C20H16N6O4S/c21-18-17-19(23-10-22-18)25(8-7-12-1-3-13(4-2-12)26(27)28)20(24-17)31-14-5-6-15-16(9-14)30-11-29-15/h1-6,9-10H,7-8,11H2,(H2,21,22,23). The van der Waals surface area contributed by atoms with Gasteiger partial charge in [0.15, 0.2) is 33.6 Å². The van der Waals surface area contributed by atoms with Gasteiger partial charge in [0.2, 0.25) is 6.79 Å². The number of aryl methyl sites for hydroxylation is 2. The molecular weight excluding hydrogens is 420 g/mol. The molecule has 2 aromatic carbocycles. The number of nitrogens with two attached hydrogens (primary N) is 1. The van der Waals surface area contributed by atoms with Crippen LogP contribution in [0, 0.1) is 10.1 Å². The van der Waals surface area contributed by atoms with Gasteiger partial charge in [0.1, 0.15) is 6.33 Å². The van der Waals surface area contributed by atoms with Crippen LogP contribution >= 0.6 is 11.8 Å². The van der Waals surface area contributed by atoms with Crippen LogP contribution < -0.4 is 15.2 Å². The zero-order chi connectivity index (χ0) is 21.4. The van der Waals surface area contributed by atoms with E-state index in [-0.39, 0.29) is 12.5 Å². The summed E-state index contributed by atoms with van der Waals surface area (Å²) in [6, 6.07) is 12.2. The smallest absolute Gasteiger partial charge is 0.269 e. The molecule has 0 saturated carbocycles. The van der Waals surface area contributed by atoms with Crippen molar-refractivity contribution in [2.45, 2.75) is 23.0 Å². The molecular formula is C20H16N6O4S. The van der Waals surface area contributed by atoms with Crippen molar-refractivity contribution in [2.24, 2.45) is 0 Å². The molecule has 4 aromatic rings. The quantitative estimate of drug-likeness (QED) is 0.356. The van der Waals surface area contributed by atoms with Crippen molar-refractivity contribution in [3.8, 4) is 11.5 Å². The molecule has 31 heavy (non-hydrogen) atoms. The highest BCUT2D eigenvalue weighted by atomic mass is 32.2. The van der Waals surface area contributed by atoms with Gasteiger partial charge in [-0.25, -0.2) is 15.0 Å². The van der Waals surface area contributed by atoms with Crippen LogP contribution in [0.5, 0.6) is 11.5 Å². The Hall–Kier alpha value is -3.86. The number of rotatable bonds is 6. The first kappa shape index (κ1) is 19.1. The molecule has 0 amide bonds. The molecule has 1 aliphatic rings. The molecule has 0 spiro atoms. The van der Waals surface area contributed by atoms with E-state index < -0.39 is 4.92 Å². The topological polar surface area (TPSA) is 131 Å². The van der Waals surface area contributed by atoms with Crippen molar-refractivity contribution in [1.82, 2.24) is 19.5 Å². The Labute approximate surface area is 180 Å². The number of aromatic nitrogens is 4. The Morgan fingerprint density at radius 2 is 1.94 bits per heavy atom. The van der Waals surface area contributed by atoms with E-state index in [1.165, 1.54) is 30.2 Å². The monoisotopic (exact) mass is 436 g/mol. The van der Waals surface area contributed by atoms with Crippen LogP contribution in [0.2, 0.25) is 0 Å². The number of nitrogens with zero attached hydrogens (tertiary/aromatic N) is 5. The molecule has 0 saturated heterocycles. The van der Waals surface area contributed by atoms with E-state index in [4.69, 9.17) is 15.2 Å². The van der Waals surface area contributed by atoms with Crippen molar-refractivity contribution >= 4 is 34.4 Å². The second kappa shape index (κ2) is 7.76. The van der Waals surface area contributed by atoms with Crippen LogP contribution in [-0.2, 0) is 13.0 Å². The number of hydrogen-bond donors (Lipinski definition) is 1. The number of hydrogen-bond acceptors (Lipinski definition) is 9. The minimum Gasteiger partial charge on any atom is -0.454 e. The Morgan fingerprint density at radius 1 is 1.13 bits per heavy atom. The zero-order valence-corrected chi connectivity index (χ0v) is 16.9. The molecule has 2 aromatic heterocycles. The first-order valence-corrected chi connectivity index (χ1v) is 10.2.